The highest BCUT2D eigenvalue weighted by Gasteiger charge is 2.32. The topological polar surface area (TPSA) is 55.4 Å². The van der Waals surface area contributed by atoms with Crippen LogP contribution in [0.15, 0.2) is 43.1 Å². The third-order valence-electron chi connectivity index (χ3n) is 4.27. The normalized spacial score (nSPS) is 18.2. The maximum absolute atomic E-state index is 13.0. The van der Waals surface area contributed by atoms with Crippen LogP contribution in [0.5, 0.6) is 0 Å². The molecule has 0 aromatic carbocycles. The van der Waals surface area contributed by atoms with Crippen LogP contribution >= 0.6 is 0 Å². The first-order chi connectivity index (χ1) is 10.7. The number of nitrogens with zero attached hydrogens (tertiary/aromatic N) is 5. The van der Waals surface area contributed by atoms with Gasteiger partial charge in [0.05, 0.1) is 17.8 Å². The Hall–Kier alpha value is -2.63. The van der Waals surface area contributed by atoms with Crippen molar-refractivity contribution in [3.8, 4) is 0 Å². The lowest BCUT2D eigenvalue weighted by Crippen LogP contribution is -2.30. The first kappa shape index (κ1) is 13.1. The number of amides is 1. The molecule has 0 bridgehead atoms. The Morgan fingerprint density at radius 2 is 2.27 bits per heavy atom. The molecule has 1 aliphatic heterocycles. The molecule has 1 saturated heterocycles. The van der Waals surface area contributed by atoms with E-state index in [0.29, 0.717) is 11.2 Å². The number of likely N-dealkylation sites (tertiary alicyclic amines) is 1. The molecule has 3 aromatic rings. The van der Waals surface area contributed by atoms with Gasteiger partial charge in [-0.2, -0.15) is 5.10 Å². The molecule has 0 saturated carbocycles. The van der Waals surface area contributed by atoms with Crippen LogP contribution in [-0.4, -0.2) is 36.5 Å². The van der Waals surface area contributed by atoms with Crippen molar-refractivity contribution < 1.29 is 4.79 Å². The molecule has 0 aliphatic carbocycles. The average molecular weight is 295 g/mol. The second-order valence-corrected chi connectivity index (χ2v) is 5.68. The van der Waals surface area contributed by atoms with Gasteiger partial charge < -0.3 is 9.30 Å². The van der Waals surface area contributed by atoms with Gasteiger partial charge in [-0.05, 0) is 25.0 Å². The number of carbonyl (C=O) groups excluding carboxylic acids is 1. The van der Waals surface area contributed by atoms with Gasteiger partial charge in [-0.3, -0.25) is 9.48 Å². The number of imidazole rings is 1. The van der Waals surface area contributed by atoms with Crippen LogP contribution in [0.3, 0.4) is 0 Å². The zero-order valence-electron chi connectivity index (χ0n) is 12.4. The number of rotatable bonds is 2. The summed E-state index contributed by atoms with van der Waals surface area (Å²) < 4.78 is 3.66. The number of carbonyl (C=O) groups is 1. The SMILES string of the molecule is Cn1cc([C@H]2CCCN2C(=O)c2cccn3ccnc23)cn1. The Morgan fingerprint density at radius 1 is 1.36 bits per heavy atom. The summed E-state index contributed by atoms with van der Waals surface area (Å²) in [5, 5.41) is 4.23. The van der Waals surface area contributed by atoms with Crippen LogP contribution in [0.1, 0.15) is 34.8 Å². The van der Waals surface area contributed by atoms with Crippen molar-refractivity contribution in [2.75, 3.05) is 6.54 Å². The van der Waals surface area contributed by atoms with Gasteiger partial charge in [-0.1, -0.05) is 0 Å². The van der Waals surface area contributed by atoms with Gasteiger partial charge in [0.15, 0.2) is 0 Å². The standard InChI is InChI=1S/C16H17N5O/c1-19-11-12(10-18-19)14-5-3-8-21(14)16(22)13-4-2-7-20-9-6-17-15(13)20/h2,4,6-7,9-11,14H,3,5,8H2,1H3/t14-/m1/s1. The molecule has 1 atom stereocenters. The zero-order valence-corrected chi connectivity index (χ0v) is 12.4. The maximum atomic E-state index is 13.0. The molecule has 4 heterocycles. The summed E-state index contributed by atoms with van der Waals surface area (Å²) >= 11 is 0. The predicted molar refractivity (Wildman–Crippen MR) is 81.4 cm³/mol. The minimum absolute atomic E-state index is 0.0446. The number of fused-ring (bicyclic) bond motifs is 1. The van der Waals surface area contributed by atoms with Crippen LogP contribution in [0.25, 0.3) is 5.65 Å². The number of hydrogen-bond donors (Lipinski definition) is 0. The van der Waals surface area contributed by atoms with Gasteiger partial charge in [0.2, 0.25) is 0 Å². The smallest absolute Gasteiger partial charge is 0.258 e. The average Bonchev–Trinajstić information content (AvgIpc) is 3.25. The molecule has 1 fully saturated rings. The first-order valence-electron chi connectivity index (χ1n) is 7.45. The van der Waals surface area contributed by atoms with Gasteiger partial charge in [-0.15, -0.1) is 0 Å². The summed E-state index contributed by atoms with van der Waals surface area (Å²) in [7, 11) is 1.90. The van der Waals surface area contributed by atoms with Crippen LogP contribution in [0.2, 0.25) is 0 Å². The molecule has 1 aliphatic rings. The molecule has 1 amide bonds. The van der Waals surface area contributed by atoms with Gasteiger partial charge >= 0.3 is 0 Å². The Morgan fingerprint density at radius 3 is 3.09 bits per heavy atom. The molecule has 112 valence electrons. The lowest BCUT2D eigenvalue weighted by molar-refractivity contribution is 0.0737. The first-order valence-corrected chi connectivity index (χ1v) is 7.45. The lowest BCUT2D eigenvalue weighted by Gasteiger charge is -2.24. The summed E-state index contributed by atoms with van der Waals surface area (Å²) in [5.41, 5.74) is 2.47. The summed E-state index contributed by atoms with van der Waals surface area (Å²) in [4.78, 5) is 19.3. The minimum atomic E-state index is 0.0446. The van der Waals surface area contributed by atoms with Crippen LogP contribution in [0, 0.1) is 0 Å². The molecule has 6 nitrogen and oxygen atoms in total. The van der Waals surface area contributed by atoms with E-state index in [1.54, 1.807) is 10.9 Å². The van der Waals surface area contributed by atoms with E-state index in [1.165, 1.54) is 0 Å². The number of hydrogen-bond acceptors (Lipinski definition) is 3. The van der Waals surface area contributed by atoms with Crippen molar-refractivity contribution >= 4 is 11.6 Å². The predicted octanol–water partition coefficient (Wildman–Crippen LogP) is 2.05. The van der Waals surface area contributed by atoms with Gasteiger partial charge in [0.25, 0.3) is 5.91 Å². The molecule has 4 rings (SSSR count). The molecule has 0 radical (unpaired) electrons. The van der Waals surface area contributed by atoms with E-state index >= 15 is 0 Å². The Bertz CT molecular complexity index is 834. The third kappa shape index (κ3) is 1.99. The highest BCUT2D eigenvalue weighted by Crippen LogP contribution is 2.33. The fourth-order valence-corrected chi connectivity index (χ4v) is 3.24. The second-order valence-electron chi connectivity index (χ2n) is 5.68. The summed E-state index contributed by atoms with van der Waals surface area (Å²) in [6.07, 6.45) is 11.3. The zero-order chi connectivity index (χ0) is 15.1. The van der Waals surface area contributed by atoms with E-state index < -0.39 is 0 Å². The Kier molecular flexibility index (Phi) is 2.96. The molecular formula is C16H17N5O. The lowest BCUT2D eigenvalue weighted by atomic mass is 10.1. The number of aromatic nitrogens is 4. The fraction of sp³-hybridized carbons (Fsp3) is 0.312. The van der Waals surface area contributed by atoms with Gasteiger partial charge in [-0.25, -0.2) is 4.98 Å². The third-order valence-corrected chi connectivity index (χ3v) is 4.27. The van der Waals surface area contributed by atoms with Crippen molar-refractivity contribution in [1.82, 2.24) is 24.1 Å². The molecule has 3 aromatic heterocycles. The highest BCUT2D eigenvalue weighted by molar-refractivity contribution is 6.00. The van der Waals surface area contributed by atoms with Gasteiger partial charge in [0, 0.05) is 43.9 Å². The fourth-order valence-electron chi connectivity index (χ4n) is 3.24. The highest BCUT2D eigenvalue weighted by atomic mass is 16.2. The molecule has 0 spiro atoms. The van der Waals surface area contributed by atoms with Crippen LogP contribution in [-0.2, 0) is 7.05 Å². The maximum Gasteiger partial charge on any atom is 0.258 e. The van der Waals surface area contributed by atoms with E-state index in [9.17, 15) is 4.79 Å². The molecule has 6 heteroatoms. The van der Waals surface area contributed by atoms with Crippen molar-refractivity contribution in [1.29, 1.82) is 0 Å². The molecule has 22 heavy (non-hydrogen) atoms. The van der Waals surface area contributed by atoms with E-state index in [0.717, 1.165) is 24.9 Å². The summed E-state index contributed by atoms with van der Waals surface area (Å²) in [6, 6.07) is 3.84. The Labute approximate surface area is 128 Å². The summed E-state index contributed by atoms with van der Waals surface area (Å²) in [6.45, 7) is 0.778. The number of pyridine rings is 1. The second kappa shape index (κ2) is 4.98. The van der Waals surface area contributed by atoms with Crippen molar-refractivity contribution in [3.05, 3.63) is 54.2 Å². The number of aryl methyl sites for hydroxylation is 1. The van der Waals surface area contributed by atoms with E-state index in [-0.39, 0.29) is 11.9 Å². The van der Waals surface area contributed by atoms with Gasteiger partial charge in [0.1, 0.15) is 5.65 Å². The quantitative estimate of drug-likeness (QED) is 0.727. The molecule has 0 unspecified atom stereocenters. The Balaban J connectivity index is 1.71. The van der Waals surface area contributed by atoms with Crippen molar-refractivity contribution in [2.24, 2.45) is 7.05 Å². The van der Waals surface area contributed by atoms with Crippen molar-refractivity contribution in [2.45, 2.75) is 18.9 Å². The van der Waals surface area contributed by atoms with Crippen molar-refractivity contribution in [3.63, 3.8) is 0 Å². The van der Waals surface area contributed by atoms with E-state index in [4.69, 9.17) is 0 Å². The monoisotopic (exact) mass is 295 g/mol. The molecule has 0 N–H and O–H groups in total. The minimum Gasteiger partial charge on any atom is -0.331 e. The van der Waals surface area contributed by atoms with E-state index in [1.807, 2.05) is 53.3 Å². The van der Waals surface area contributed by atoms with Crippen LogP contribution < -0.4 is 0 Å². The summed E-state index contributed by atoms with van der Waals surface area (Å²) in [5.74, 6) is 0.0446. The van der Waals surface area contributed by atoms with E-state index in [2.05, 4.69) is 10.1 Å². The largest absolute Gasteiger partial charge is 0.331 e. The molecular weight excluding hydrogens is 278 g/mol. The van der Waals surface area contributed by atoms with Crippen LogP contribution in [0.4, 0.5) is 0 Å².